The largest absolute Gasteiger partial charge is 0.456 e. The van der Waals surface area contributed by atoms with Crippen LogP contribution in [-0.2, 0) is 0 Å². The average Bonchev–Trinajstić information content (AvgIpc) is 3.86. The fourth-order valence-corrected chi connectivity index (χ4v) is 5.17. The van der Waals surface area contributed by atoms with Gasteiger partial charge in [0.2, 0.25) is 0 Å². The molecular weight excluding hydrogens is 512 g/mol. The monoisotopic (exact) mass is 560 g/mol. The molecule has 0 fully saturated rings. The first-order valence-corrected chi connectivity index (χ1v) is 12.3. The minimum absolute atomic E-state index is 0.440. The van der Waals surface area contributed by atoms with Gasteiger partial charge in [0.25, 0.3) is 0 Å². The van der Waals surface area contributed by atoms with Crippen LogP contribution in [0.15, 0.2) is 154 Å². The topological polar surface area (TPSA) is 26.3 Å². The fraction of sp³-hybridized carbons (Fsp3) is 0. The second-order valence-corrected chi connectivity index (χ2v) is 9.02. The maximum atomic E-state index is 9.66. The molecule has 9 rings (SSSR count). The third kappa shape index (κ3) is 3.33. The summed E-state index contributed by atoms with van der Waals surface area (Å²) in [6.45, 7) is 0. The molecule has 0 bridgehead atoms. The van der Waals surface area contributed by atoms with Gasteiger partial charge in [-0.3, -0.25) is 0 Å². The highest BCUT2D eigenvalue weighted by Crippen LogP contribution is 2.49. The molecule has 0 aliphatic rings. The van der Waals surface area contributed by atoms with Crippen LogP contribution >= 0.6 is 0 Å². The van der Waals surface area contributed by atoms with Crippen LogP contribution in [0.3, 0.4) is 0 Å². The number of rotatable bonds is 3. The smallest absolute Gasteiger partial charge is 0.144 e. The Morgan fingerprint density at radius 2 is 0.881 bits per heavy atom. The summed E-state index contributed by atoms with van der Waals surface area (Å²) >= 11 is 0. The Labute approximate surface area is 275 Å². The highest BCUT2D eigenvalue weighted by molar-refractivity contribution is 6.28. The van der Waals surface area contributed by atoms with Crippen molar-refractivity contribution in [2.45, 2.75) is 0 Å². The first kappa shape index (κ1) is 9.75. The molecule has 0 aliphatic heterocycles. The molecule has 7 aromatic carbocycles. The third-order valence-electron chi connectivity index (χ3n) is 6.82. The SMILES string of the molecule is [2H]c1c([2H])c([2H])c(-c2oc3c([2H])c4c(oc5c([2H])c([2H])c([2H])c([2H])c54)c(-c4c5c([2H])c([2H])c([2H])c([2H])c5c(-c5c([2H])c([2H])c([2H])c([2H])c5[2H])c5c([2H])c([2H])c([2H])c([2H])c45)c3c2[2H])c([2H])c1[2H]. The molecule has 42 heavy (non-hydrogen) atoms. The molecule has 0 saturated carbocycles. The number of para-hydroxylation sites is 1. The molecule has 196 valence electrons. The van der Waals surface area contributed by atoms with Gasteiger partial charge >= 0.3 is 0 Å². The molecule has 2 nitrogen and oxygen atoms in total. The third-order valence-corrected chi connectivity index (χ3v) is 6.82. The summed E-state index contributed by atoms with van der Waals surface area (Å²) in [5, 5.41) is -4.14. The quantitative estimate of drug-likeness (QED) is 0.201. The number of benzene rings is 7. The Balaban J connectivity index is 1.71. The van der Waals surface area contributed by atoms with Crippen molar-refractivity contribution in [1.29, 1.82) is 0 Å². The summed E-state index contributed by atoms with van der Waals surface area (Å²) in [5.41, 5.74) is -5.11. The van der Waals surface area contributed by atoms with Gasteiger partial charge in [-0.25, -0.2) is 0 Å². The van der Waals surface area contributed by atoms with Crippen molar-refractivity contribution in [2.75, 3.05) is 0 Å². The molecule has 2 heteroatoms. The van der Waals surface area contributed by atoms with Gasteiger partial charge in [-0.05, 0) is 50.8 Å². The molecular formula is C40H24O2. The summed E-state index contributed by atoms with van der Waals surface area (Å²) in [6, 6.07) is -21.0. The lowest BCUT2D eigenvalue weighted by Crippen LogP contribution is -1.91. The van der Waals surface area contributed by atoms with Gasteiger partial charge in [0.05, 0.1) is 32.9 Å². The zero-order valence-electron chi connectivity index (χ0n) is 44.8. The second-order valence-electron chi connectivity index (χ2n) is 9.02. The van der Waals surface area contributed by atoms with Gasteiger partial charge in [-0.1, -0.05) is 127 Å². The lowest BCUT2D eigenvalue weighted by molar-refractivity contribution is 0.631. The average molecular weight is 561 g/mol. The predicted molar refractivity (Wildman–Crippen MR) is 175 cm³/mol. The van der Waals surface area contributed by atoms with Gasteiger partial charge in [0, 0.05) is 32.8 Å². The van der Waals surface area contributed by atoms with Crippen molar-refractivity contribution in [2.24, 2.45) is 0 Å². The maximum absolute atomic E-state index is 9.66. The summed E-state index contributed by atoms with van der Waals surface area (Å²) < 4.78 is 225. The fourth-order valence-electron chi connectivity index (χ4n) is 5.17. The van der Waals surface area contributed by atoms with E-state index in [9.17, 15) is 8.22 Å². The van der Waals surface area contributed by atoms with Gasteiger partial charge in [0.15, 0.2) is 0 Å². The zero-order chi connectivity index (χ0) is 48.5. The lowest BCUT2D eigenvalue weighted by Gasteiger charge is -2.18. The van der Waals surface area contributed by atoms with Crippen molar-refractivity contribution >= 4 is 54.5 Å². The first-order chi connectivity index (χ1) is 30.8. The van der Waals surface area contributed by atoms with Crippen molar-refractivity contribution in [1.82, 2.24) is 0 Å². The van der Waals surface area contributed by atoms with Gasteiger partial charge in [0.1, 0.15) is 22.5 Å². The lowest BCUT2D eigenvalue weighted by atomic mass is 9.84. The van der Waals surface area contributed by atoms with E-state index in [1.807, 2.05) is 0 Å². The number of fused-ring (bicyclic) bond motifs is 6. The Hall–Kier alpha value is -5.60. The maximum Gasteiger partial charge on any atom is 0.144 e. The summed E-state index contributed by atoms with van der Waals surface area (Å²) in [7, 11) is 0. The highest BCUT2D eigenvalue weighted by Gasteiger charge is 2.24. The van der Waals surface area contributed by atoms with E-state index >= 15 is 0 Å². The first-order valence-electron chi connectivity index (χ1n) is 24.3. The minimum Gasteiger partial charge on any atom is -0.456 e. The second kappa shape index (κ2) is 8.95. The molecule has 0 N–H and O–H groups in total. The van der Waals surface area contributed by atoms with Crippen LogP contribution in [0.1, 0.15) is 32.9 Å². The van der Waals surface area contributed by atoms with E-state index in [2.05, 4.69) is 0 Å². The van der Waals surface area contributed by atoms with Crippen molar-refractivity contribution in [3.63, 3.8) is 0 Å². The molecule has 2 heterocycles. The predicted octanol–water partition coefficient (Wildman–Crippen LogP) is 11.6. The van der Waals surface area contributed by atoms with Gasteiger partial charge < -0.3 is 8.83 Å². The molecule has 0 aliphatic carbocycles. The summed E-state index contributed by atoms with van der Waals surface area (Å²) in [6.07, 6.45) is 0. The van der Waals surface area contributed by atoms with Crippen LogP contribution in [0.25, 0.3) is 88.0 Å². The Kier molecular flexibility index (Phi) is 2.08. The molecule has 2 aromatic heterocycles. The molecule has 9 aromatic rings. The number of hydrogen-bond acceptors (Lipinski definition) is 2. The molecule has 0 radical (unpaired) electrons. The van der Waals surface area contributed by atoms with Gasteiger partial charge in [-0.2, -0.15) is 0 Å². The molecule has 0 atom stereocenters. The Morgan fingerprint density at radius 3 is 1.52 bits per heavy atom. The van der Waals surface area contributed by atoms with E-state index in [1.54, 1.807) is 0 Å². The zero-order valence-corrected chi connectivity index (χ0v) is 20.8. The molecule has 0 unspecified atom stereocenters. The summed E-state index contributed by atoms with van der Waals surface area (Å²) in [4.78, 5) is 0. The number of hydrogen-bond donors (Lipinski definition) is 0. The number of furan rings is 2. The van der Waals surface area contributed by atoms with E-state index in [0.29, 0.717) is 0 Å². The normalized spacial score (nSPS) is 19.8. The minimum atomic E-state index is -0.951. The summed E-state index contributed by atoms with van der Waals surface area (Å²) in [5.74, 6) is -0.747. The van der Waals surface area contributed by atoms with Crippen LogP contribution in [0.2, 0.25) is 0 Å². The van der Waals surface area contributed by atoms with Crippen molar-refractivity contribution in [3.05, 3.63) is 145 Å². The van der Waals surface area contributed by atoms with Crippen LogP contribution in [0.4, 0.5) is 0 Å². The van der Waals surface area contributed by atoms with Crippen LogP contribution in [0, 0.1) is 0 Å². The highest BCUT2D eigenvalue weighted by atomic mass is 16.3. The van der Waals surface area contributed by atoms with Crippen molar-refractivity contribution < 1.29 is 41.7 Å². The van der Waals surface area contributed by atoms with Crippen LogP contribution in [-0.4, -0.2) is 0 Å². The van der Waals surface area contributed by atoms with Gasteiger partial charge in [-0.15, -0.1) is 0 Å². The van der Waals surface area contributed by atoms with E-state index in [4.69, 9.17) is 33.5 Å². The molecule has 0 saturated heterocycles. The van der Waals surface area contributed by atoms with Crippen molar-refractivity contribution in [3.8, 4) is 33.6 Å². The van der Waals surface area contributed by atoms with Crippen LogP contribution in [0.5, 0.6) is 0 Å². The van der Waals surface area contributed by atoms with E-state index < -0.39 is 233 Å². The standard InChI is InChI=1S/C40H24O2/c1-3-13-25(14-4-1)35-24-33-36(41-35)23-32-27-17-11-12-22-34(27)42-40(32)39(33)38-30-20-9-7-18-28(30)37(26-15-5-2-6-16-26)29-19-8-10-21-31(29)38/h1-24H/i1D,2D,3D,4D,5D,6D,7D,8D,9D,10D,11D,12D,13D,14D,15D,16D,17D,18D,19D,20D,21D,22D,23D,24D. The van der Waals surface area contributed by atoms with E-state index in [1.165, 1.54) is 0 Å². The van der Waals surface area contributed by atoms with Crippen LogP contribution < -0.4 is 0 Å². The molecule has 0 amide bonds. The van der Waals surface area contributed by atoms with E-state index in [-0.39, 0.29) is 0 Å². The molecule has 0 spiro atoms. The van der Waals surface area contributed by atoms with E-state index in [0.717, 1.165) is 0 Å². The Bertz CT molecular complexity index is 3670. The Morgan fingerprint density at radius 1 is 0.357 bits per heavy atom.